The summed E-state index contributed by atoms with van der Waals surface area (Å²) in [5.74, 6) is 1.23. The predicted molar refractivity (Wildman–Crippen MR) is 145 cm³/mol. The highest BCUT2D eigenvalue weighted by Gasteiger charge is 2.24. The van der Waals surface area contributed by atoms with E-state index in [1.807, 2.05) is 12.1 Å². The number of nitrogens with two attached hydrogens (primary N) is 1. The summed E-state index contributed by atoms with van der Waals surface area (Å²) < 4.78 is 0. The zero-order valence-corrected chi connectivity index (χ0v) is 21.3. The average molecular weight is 476 g/mol. The summed E-state index contributed by atoms with van der Waals surface area (Å²) in [4.78, 5) is 2.64. The van der Waals surface area contributed by atoms with E-state index in [1.165, 1.54) is 40.7 Å². The van der Waals surface area contributed by atoms with Crippen LogP contribution >= 0.6 is 11.6 Å². The summed E-state index contributed by atoms with van der Waals surface area (Å²) >= 11 is 6.07. The Bertz CT molecular complexity index is 1040. The maximum absolute atomic E-state index is 6.07. The average Bonchev–Trinajstić information content (AvgIpc) is 2.87. The van der Waals surface area contributed by atoms with Crippen LogP contribution in [0, 0.1) is 5.92 Å². The van der Waals surface area contributed by atoms with Crippen LogP contribution in [0.4, 0.5) is 0 Å². The van der Waals surface area contributed by atoms with E-state index in [1.54, 1.807) is 0 Å². The Balaban J connectivity index is 1.32. The number of hydrogen-bond acceptors (Lipinski definition) is 3. The fourth-order valence-corrected chi connectivity index (χ4v) is 5.09. The molecular formula is C30H38ClN3. The molecule has 0 aliphatic carbocycles. The lowest BCUT2D eigenvalue weighted by molar-refractivity contribution is 0.175. The SMILES string of the molecule is CC(C)[C@H](CN1CCC(c2ccc(Cl)cc2)CC1)NCc1cccc(-c2cccc(CN)c2)c1. The molecule has 0 amide bonds. The van der Waals surface area contributed by atoms with Crippen LogP contribution in [0.1, 0.15) is 49.3 Å². The van der Waals surface area contributed by atoms with Gasteiger partial charge in [0, 0.05) is 30.7 Å². The molecule has 1 atom stereocenters. The lowest BCUT2D eigenvalue weighted by atomic mass is 9.89. The first-order valence-corrected chi connectivity index (χ1v) is 13.0. The third-order valence-corrected chi connectivity index (χ3v) is 7.43. The number of benzene rings is 3. The second-order valence-corrected chi connectivity index (χ2v) is 10.4. The van der Waals surface area contributed by atoms with E-state index < -0.39 is 0 Å². The van der Waals surface area contributed by atoms with Gasteiger partial charge in [0.05, 0.1) is 0 Å². The predicted octanol–water partition coefficient (Wildman–Crippen LogP) is 6.46. The summed E-state index contributed by atoms with van der Waals surface area (Å²) in [6, 6.07) is 26.3. The first-order valence-electron chi connectivity index (χ1n) is 12.6. The molecule has 3 nitrogen and oxygen atoms in total. The van der Waals surface area contributed by atoms with Crippen molar-refractivity contribution in [2.75, 3.05) is 19.6 Å². The molecule has 1 aliphatic rings. The quantitative estimate of drug-likeness (QED) is 0.373. The third kappa shape index (κ3) is 6.70. The molecule has 0 radical (unpaired) electrons. The van der Waals surface area contributed by atoms with Crippen LogP contribution in [-0.4, -0.2) is 30.6 Å². The normalized spacial score (nSPS) is 16.1. The van der Waals surface area contributed by atoms with Crippen molar-refractivity contribution in [1.29, 1.82) is 0 Å². The first kappa shape index (κ1) is 24.9. The van der Waals surface area contributed by atoms with Crippen LogP contribution in [-0.2, 0) is 13.1 Å². The van der Waals surface area contributed by atoms with Gasteiger partial charge >= 0.3 is 0 Å². The Hall–Kier alpha value is -2.17. The standard InChI is InChI=1S/C30H38ClN3/c1-22(2)30(21-34-15-13-26(14-16-34)25-9-11-29(31)12-10-25)33-20-24-6-4-8-28(18-24)27-7-3-5-23(17-27)19-32/h3-12,17-18,22,26,30,33H,13-16,19-21,32H2,1-2H3/t30-/m0/s1. The van der Waals surface area contributed by atoms with Crippen LogP contribution in [0.15, 0.2) is 72.8 Å². The van der Waals surface area contributed by atoms with Gasteiger partial charge in [-0.3, -0.25) is 0 Å². The molecule has 0 saturated carbocycles. The minimum absolute atomic E-state index is 0.469. The van der Waals surface area contributed by atoms with Gasteiger partial charge in [-0.1, -0.05) is 74.0 Å². The van der Waals surface area contributed by atoms with Crippen molar-refractivity contribution in [1.82, 2.24) is 10.2 Å². The van der Waals surface area contributed by atoms with E-state index in [4.69, 9.17) is 17.3 Å². The van der Waals surface area contributed by atoms with Crippen LogP contribution in [0.5, 0.6) is 0 Å². The highest BCUT2D eigenvalue weighted by Crippen LogP contribution is 2.29. The molecule has 34 heavy (non-hydrogen) atoms. The van der Waals surface area contributed by atoms with E-state index >= 15 is 0 Å². The first-order chi connectivity index (χ1) is 16.5. The fraction of sp³-hybridized carbons (Fsp3) is 0.400. The topological polar surface area (TPSA) is 41.3 Å². The third-order valence-electron chi connectivity index (χ3n) is 7.18. The number of nitrogens with zero attached hydrogens (tertiary/aromatic N) is 1. The van der Waals surface area contributed by atoms with Crippen LogP contribution in [0.2, 0.25) is 5.02 Å². The van der Waals surface area contributed by atoms with Crippen molar-refractivity contribution in [2.45, 2.75) is 51.7 Å². The van der Waals surface area contributed by atoms with Crippen LogP contribution in [0.3, 0.4) is 0 Å². The van der Waals surface area contributed by atoms with Crippen LogP contribution < -0.4 is 11.1 Å². The molecule has 1 fully saturated rings. The molecule has 1 heterocycles. The largest absolute Gasteiger partial charge is 0.326 e. The molecule has 1 saturated heterocycles. The Morgan fingerprint density at radius 3 is 2.15 bits per heavy atom. The van der Waals surface area contributed by atoms with Gasteiger partial charge in [0.15, 0.2) is 0 Å². The van der Waals surface area contributed by atoms with Gasteiger partial charge in [-0.25, -0.2) is 0 Å². The van der Waals surface area contributed by atoms with Crippen LogP contribution in [0.25, 0.3) is 11.1 Å². The van der Waals surface area contributed by atoms with Crippen molar-refractivity contribution in [3.05, 3.63) is 94.5 Å². The summed E-state index contributed by atoms with van der Waals surface area (Å²) in [7, 11) is 0. The maximum Gasteiger partial charge on any atom is 0.0406 e. The van der Waals surface area contributed by atoms with Crippen molar-refractivity contribution in [3.8, 4) is 11.1 Å². The number of halogens is 1. The lowest BCUT2D eigenvalue weighted by Gasteiger charge is -2.36. The molecule has 4 rings (SSSR count). The zero-order chi connectivity index (χ0) is 23.9. The molecule has 0 bridgehead atoms. The van der Waals surface area contributed by atoms with Gasteiger partial charge in [0.1, 0.15) is 0 Å². The minimum atomic E-state index is 0.469. The van der Waals surface area contributed by atoms with E-state index in [-0.39, 0.29) is 0 Å². The summed E-state index contributed by atoms with van der Waals surface area (Å²) in [6.45, 7) is 9.52. The molecule has 3 aromatic rings. The Kier molecular flexibility index (Phi) is 8.80. The monoisotopic (exact) mass is 475 g/mol. The summed E-state index contributed by atoms with van der Waals surface area (Å²) in [5.41, 5.74) is 12.2. The Labute approximate surface area is 210 Å². The fourth-order valence-electron chi connectivity index (χ4n) is 4.96. The number of nitrogens with one attached hydrogen (secondary N) is 1. The Morgan fingerprint density at radius 1 is 0.912 bits per heavy atom. The van der Waals surface area contributed by atoms with Crippen molar-refractivity contribution >= 4 is 11.6 Å². The highest BCUT2D eigenvalue weighted by molar-refractivity contribution is 6.30. The molecule has 0 unspecified atom stereocenters. The van der Waals surface area contributed by atoms with Gasteiger partial charge in [-0.2, -0.15) is 0 Å². The summed E-state index contributed by atoms with van der Waals surface area (Å²) in [5, 5.41) is 4.68. The van der Waals surface area contributed by atoms with E-state index in [9.17, 15) is 0 Å². The molecule has 0 aromatic heterocycles. The maximum atomic E-state index is 6.07. The van der Waals surface area contributed by atoms with Gasteiger partial charge in [0.25, 0.3) is 0 Å². The number of hydrogen-bond donors (Lipinski definition) is 2. The lowest BCUT2D eigenvalue weighted by Crippen LogP contribution is -2.46. The van der Waals surface area contributed by atoms with Gasteiger partial charge in [-0.05, 0) is 89.8 Å². The molecular weight excluding hydrogens is 438 g/mol. The van der Waals surface area contributed by atoms with E-state index in [2.05, 4.69) is 84.7 Å². The van der Waals surface area contributed by atoms with Crippen molar-refractivity contribution in [3.63, 3.8) is 0 Å². The van der Waals surface area contributed by atoms with Gasteiger partial charge in [0.2, 0.25) is 0 Å². The van der Waals surface area contributed by atoms with Gasteiger partial charge < -0.3 is 16.0 Å². The smallest absolute Gasteiger partial charge is 0.0406 e. The van der Waals surface area contributed by atoms with Crippen molar-refractivity contribution < 1.29 is 0 Å². The number of likely N-dealkylation sites (tertiary alicyclic amines) is 1. The van der Waals surface area contributed by atoms with E-state index in [0.717, 1.165) is 31.2 Å². The molecule has 3 aromatic carbocycles. The molecule has 4 heteroatoms. The zero-order valence-electron chi connectivity index (χ0n) is 20.5. The second kappa shape index (κ2) is 12.0. The number of rotatable bonds is 9. The number of piperidine rings is 1. The van der Waals surface area contributed by atoms with E-state index in [0.29, 0.717) is 24.4 Å². The molecule has 1 aliphatic heterocycles. The summed E-state index contributed by atoms with van der Waals surface area (Å²) in [6.07, 6.45) is 2.44. The van der Waals surface area contributed by atoms with Crippen molar-refractivity contribution in [2.24, 2.45) is 11.7 Å². The highest BCUT2D eigenvalue weighted by atomic mass is 35.5. The minimum Gasteiger partial charge on any atom is -0.326 e. The molecule has 3 N–H and O–H groups in total. The van der Waals surface area contributed by atoms with Gasteiger partial charge in [-0.15, -0.1) is 0 Å². The Morgan fingerprint density at radius 2 is 1.53 bits per heavy atom. The second-order valence-electron chi connectivity index (χ2n) is 9.96. The molecule has 180 valence electrons. The molecule has 0 spiro atoms.